The molecular formula is C19H26N2O3. The minimum absolute atomic E-state index is 0.0597. The molecule has 5 nitrogen and oxygen atoms in total. The Morgan fingerprint density at radius 1 is 1.21 bits per heavy atom. The van der Waals surface area contributed by atoms with Crippen molar-refractivity contribution < 1.29 is 14.3 Å². The molecule has 0 radical (unpaired) electrons. The molecule has 24 heavy (non-hydrogen) atoms. The van der Waals surface area contributed by atoms with Crippen LogP contribution >= 0.6 is 0 Å². The summed E-state index contributed by atoms with van der Waals surface area (Å²) in [5.74, 6) is 0.359. The SMILES string of the molecule is CC(C)(C)OC(=O)N1CC[C@H](C(=O)N[C@H]2C[C@@H]2c2ccccc2)C1. The molecular weight excluding hydrogens is 304 g/mol. The first kappa shape index (κ1) is 16.8. The van der Waals surface area contributed by atoms with E-state index < -0.39 is 5.60 Å². The van der Waals surface area contributed by atoms with Gasteiger partial charge in [-0.05, 0) is 39.2 Å². The lowest BCUT2D eigenvalue weighted by Crippen LogP contribution is -2.38. The lowest BCUT2D eigenvalue weighted by Gasteiger charge is -2.24. The third kappa shape index (κ3) is 4.08. The van der Waals surface area contributed by atoms with Gasteiger partial charge in [-0.25, -0.2) is 4.79 Å². The summed E-state index contributed by atoms with van der Waals surface area (Å²) in [7, 11) is 0. The summed E-state index contributed by atoms with van der Waals surface area (Å²) in [5.41, 5.74) is 0.776. The summed E-state index contributed by atoms with van der Waals surface area (Å²) >= 11 is 0. The summed E-state index contributed by atoms with van der Waals surface area (Å²) < 4.78 is 5.37. The van der Waals surface area contributed by atoms with Crippen LogP contribution in [0.15, 0.2) is 30.3 Å². The number of ether oxygens (including phenoxy) is 1. The molecule has 130 valence electrons. The van der Waals surface area contributed by atoms with E-state index >= 15 is 0 Å². The van der Waals surface area contributed by atoms with E-state index in [1.165, 1.54) is 5.56 Å². The predicted octanol–water partition coefficient (Wildman–Crippen LogP) is 2.92. The van der Waals surface area contributed by atoms with E-state index in [0.29, 0.717) is 25.4 Å². The monoisotopic (exact) mass is 330 g/mol. The lowest BCUT2D eigenvalue weighted by molar-refractivity contribution is -0.124. The van der Waals surface area contributed by atoms with Crippen molar-refractivity contribution in [2.75, 3.05) is 13.1 Å². The Hall–Kier alpha value is -2.04. The molecule has 0 unspecified atom stereocenters. The van der Waals surface area contributed by atoms with Crippen LogP contribution in [0.5, 0.6) is 0 Å². The number of nitrogens with zero attached hydrogens (tertiary/aromatic N) is 1. The average Bonchev–Trinajstić information content (AvgIpc) is 3.09. The number of hydrogen-bond acceptors (Lipinski definition) is 3. The number of hydrogen-bond donors (Lipinski definition) is 1. The Labute approximate surface area is 143 Å². The van der Waals surface area contributed by atoms with Crippen LogP contribution in [0.4, 0.5) is 4.79 Å². The van der Waals surface area contributed by atoms with Gasteiger partial charge in [-0.3, -0.25) is 4.79 Å². The zero-order valence-corrected chi connectivity index (χ0v) is 14.6. The van der Waals surface area contributed by atoms with Crippen molar-refractivity contribution >= 4 is 12.0 Å². The molecule has 2 amide bonds. The number of likely N-dealkylation sites (tertiary alicyclic amines) is 1. The topological polar surface area (TPSA) is 58.6 Å². The highest BCUT2D eigenvalue weighted by Crippen LogP contribution is 2.40. The zero-order valence-electron chi connectivity index (χ0n) is 14.6. The average molecular weight is 330 g/mol. The van der Waals surface area contributed by atoms with Gasteiger partial charge in [-0.2, -0.15) is 0 Å². The van der Waals surface area contributed by atoms with Crippen LogP contribution in [0.1, 0.15) is 45.1 Å². The Bertz CT molecular complexity index is 609. The van der Waals surface area contributed by atoms with Gasteiger partial charge in [-0.1, -0.05) is 30.3 Å². The van der Waals surface area contributed by atoms with Crippen LogP contribution in [0.25, 0.3) is 0 Å². The number of benzene rings is 1. The van der Waals surface area contributed by atoms with E-state index in [1.54, 1.807) is 4.90 Å². The quantitative estimate of drug-likeness (QED) is 0.927. The molecule has 3 rings (SSSR count). The molecule has 1 N–H and O–H groups in total. The van der Waals surface area contributed by atoms with Crippen molar-refractivity contribution in [3.05, 3.63) is 35.9 Å². The van der Waals surface area contributed by atoms with Crippen molar-refractivity contribution in [1.29, 1.82) is 0 Å². The second-order valence-electron chi connectivity index (χ2n) is 7.78. The molecule has 1 saturated heterocycles. The third-order valence-corrected chi connectivity index (χ3v) is 4.56. The van der Waals surface area contributed by atoms with Gasteiger partial charge in [0.1, 0.15) is 5.60 Å². The Balaban J connectivity index is 1.47. The molecule has 0 spiro atoms. The van der Waals surface area contributed by atoms with Crippen LogP contribution in [0.3, 0.4) is 0 Å². The van der Waals surface area contributed by atoms with Crippen LogP contribution in [-0.4, -0.2) is 41.6 Å². The van der Waals surface area contributed by atoms with E-state index in [4.69, 9.17) is 4.74 Å². The second-order valence-corrected chi connectivity index (χ2v) is 7.78. The van der Waals surface area contributed by atoms with Crippen molar-refractivity contribution in [1.82, 2.24) is 10.2 Å². The van der Waals surface area contributed by atoms with Crippen LogP contribution in [-0.2, 0) is 9.53 Å². The van der Waals surface area contributed by atoms with Gasteiger partial charge in [0.2, 0.25) is 5.91 Å². The molecule has 5 heteroatoms. The summed E-state index contributed by atoms with van der Waals surface area (Å²) in [6.45, 7) is 6.58. The van der Waals surface area contributed by atoms with Gasteiger partial charge < -0.3 is 15.0 Å². The van der Waals surface area contributed by atoms with Crippen molar-refractivity contribution in [3.8, 4) is 0 Å². The highest BCUT2D eigenvalue weighted by molar-refractivity contribution is 5.81. The standard InChI is InChI=1S/C19H26N2O3/c1-19(2,3)24-18(23)21-10-9-14(12-21)17(22)20-16-11-15(16)13-7-5-4-6-8-13/h4-8,14-16H,9-12H2,1-3H3,(H,20,22)/t14-,15+,16-/m0/s1. The summed E-state index contributed by atoms with van der Waals surface area (Å²) in [6, 6.07) is 10.5. The van der Waals surface area contributed by atoms with Gasteiger partial charge >= 0.3 is 6.09 Å². The number of carbonyl (C=O) groups is 2. The zero-order chi connectivity index (χ0) is 17.3. The van der Waals surface area contributed by atoms with Crippen LogP contribution < -0.4 is 5.32 Å². The van der Waals surface area contributed by atoms with E-state index in [-0.39, 0.29) is 24.0 Å². The van der Waals surface area contributed by atoms with Gasteiger partial charge in [-0.15, -0.1) is 0 Å². The maximum Gasteiger partial charge on any atom is 0.410 e. The minimum Gasteiger partial charge on any atom is -0.444 e. The van der Waals surface area contributed by atoms with E-state index in [2.05, 4.69) is 17.4 Å². The van der Waals surface area contributed by atoms with Gasteiger partial charge in [0.05, 0.1) is 5.92 Å². The summed E-state index contributed by atoms with van der Waals surface area (Å²) in [5, 5.41) is 3.13. The maximum atomic E-state index is 12.4. The number of carbonyl (C=O) groups excluding carboxylic acids is 2. The first-order chi connectivity index (χ1) is 11.3. The van der Waals surface area contributed by atoms with Crippen molar-refractivity contribution in [3.63, 3.8) is 0 Å². The van der Waals surface area contributed by atoms with Gasteiger partial charge in [0.15, 0.2) is 0 Å². The maximum absolute atomic E-state index is 12.4. The van der Waals surface area contributed by atoms with Crippen molar-refractivity contribution in [2.24, 2.45) is 5.92 Å². The highest BCUT2D eigenvalue weighted by Gasteiger charge is 2.41. The fraction of sp³-hybridized carbons (Fsp3) is 0.579. The normalized spacial score (nSPS) is 26.1. The predicted molar refractivity (Wildman–Crippen MR) is 91.6 cm³/mol. The number of rotatable bonds is 3. The molecule has 1 aliphatic heterocycles. The third-order valence-electron chi connectivity index (χ3n) is 4.56. The molecule has 2 aliphatic rings. The molecule has 3 atom stereocenters. The van der Waals surface area contributed by atoms with Crippen LogP contribution in [0.2, 0.25) is 0 Å². The lowest BCUT2D eigenvalue weighted by atomic mass is 10.1. The first-order valence-electron chi connectivity index (χ1n) is 8.67. The summed E-state index contributed by atoms with van der Waals surface area (Å²) in [4.78, 5) is 26.1. The van der Waals surface area contributed by atoms with Crippen molar-refractivity contribution in [2.45, 2.75) is 51.2 Å². The van der Waals surface area contributed by atoms with Gasteiger partial charge in [0.25, 0.3) is 0 Å². The largest absolute Gasteiger partial charge is 0.444 e. The van der Waals surface area contributed by atoms with Gasteiger partial charge in [0, 0.05) is 25.0 Å². The highest BCUT2D eigenvalue weighted by atomic mass is 16.6. The number of amides is 2. The molecule has 0 bridgehead atoms. The fourth-order valence-electron chi connectivity index (χ4n) is 3.19. The summed E-state index contributed by atoms with van der Waals surface area (Å²) in [6.07, 6.45) is 1.37. The molecule has 1 heterocycles. The Morgan fingerprint density at radius 3 is 2.58 bits per heavy atom. The van der Waals surface area contributed by atoms with E-state index in [9.17, 15) is 9.59 Å². The second kappa shape index (κ2) is 6.46. The van der Waals surface area contributed by atoms with E-state index in [0.717, 1.165) is 6.42 Å². The molecule has 1 aliphatic carbocycles. The Kier molecular flexibility index (Phi) is 4.52. The molecule has 1 aromatic carbocycles. The number of nitrogens with one attached hydrogen (secondary N) is 1. The molecule has 0 aromatic heterocycles. The molecule has 1 aromatic rings. The van der Waals surface area contributed by atoms with E-state index in [1.807, 2.05) is 39.0 Å². The van der Waals surface area contributed by atoms with Crippen LogP contribution in [0, 0.1) is 5.92 Å². The Morgan fingerprint density at radius 2 is 1.92 bits per heavy atom. The fourth-order valence-corrected chi connectivity index (χ4v) is 3.19. The molecule has 2 fully saturated rings. The molecule has 1 saturated carbocycles. The minimum atomic E-state index is -0.506. The smallest absolute Gasteiger partial charge is 0.410 e. The first-order valence-corrected chi connectivity index (χ1v) is 8.67.